The van der Waals surface area contributed by atoms with E-state index in [1.165, 1.54) is 12.0 Å². The van der Waals surface area contributed by atoms with Crippen molar-refractivity contribution in [2.24, 2.45) is 5.92 Å². The molecule has 1 aliphatic heterocycles. The normalized spacial score (nSPS) is 16.6. The van der Waals surface area contributed by atoms with Gasteiger partial charge in [-0.2, -0.15) is 0 Å². The van der Waals surface area contributed by atoms with Gasteiger partial charge in [-0.3, -0.25) is 19.2 Å². The number of rotatable bonds is 12. The molecule has 10 nitrogen and oxygen atoms in total. The van der Waals surface area contributed by atoms with Gasteiger partial charge in [0.2, 0.25) is 23.6 Å². The second-order valence-electron chi connectivity index (χ2n) is 10.3. The van der Waals surface area contributed by atoms with E-state index in [0.29, 0.717) is 32.4 Å². The van der Waals surface area contributed by atoms with Crippen LogP contribution >= 0.6 is 11.3 Å². The van der Waals surface area contributed by atoms with Crippen LogP contribution in [0.15, 0.2) is 29.8 Å². The third kappa shape index (κ3) is 8.34. The van der Waals surface area contributed by atoms with E-state index in [9.17, 15) is 19.2 Å². The predicted molar refractivity (Wildman–Crippen MR) is 150 cm³/mol. The third-order valence-corrected chi connectivity index (χ3v) is 7.61. The van der Waals surface area contributed by atoms with Crippen LogP contribution in [0.25, 0.3) is 10.4 Å². The van der Waals surface area contributed by atoms with E-state index in [1.807, 2.05) is 50.5 Å². The van der Waals surface area contributed by atoms with Crippen molar-refractivity contribution in [1.82, 2.24) is 25.8 Å². The number of nitrogens with zero attached hydrogens (tertiary/aromatic N) is 2. The van der Waals surface area contributed by atoms with Gasteiger partial charge < -0.3 is 25.6 Å². The van der Waals surface area contributed by atoms with Crippen LogP contribution in [0, 0.1) is 12.8 Å². The average Bonchev–Trinajstić information content (AvgIpc) is 3.56. The molecule has 0 unspecified atom stereocenters. The molecule has 1 aromatic heterocycles. The number of aromatic nitrogens is 1. The molecule has 0 bridgehead atoms. The lowest BCUT2D eigenvalue weighted by molar-refractivity contribution is -0.141. The molecule has 1 fully saturated rings. The standard InChI is InChI=1S/C28H39N5O5S/c1-17(2)13-22(32-24(34)15-38-5)26(35)31-19(4)28(37)33-12-6-7-23(33)27(36)29-14-20-8-10-21(11-9-20)25-18(3)30-16-39-25/h8-11,16-17,19,22-23H,6-7,12-15H2,1-5H3,(H,29,36)(H,31,35)(H,32,34)/t19-,22-,23-/m0/s1. The Bertz CT molecular complexity index is 1150. The summed E-state index contributed by atoms with van der Waals surface area (Å²) >= 11 is 1.59. The van der Waals surface area contributed by atoms with Crippen molar-refractivity contribution in [3.8, 4) is 10.4 Å². The molecular weight excluding hydrogens is 518 g/mol. The summed E-state index contributed by atoms with van der Waals surface area (Å²) in [5.74, 6) is -1.23. The Kier molecular flexibility index (Phi) is 11.0. The molecule has 3 atom stereocenters. The summed E-state index contributed by atoms with van der Waals surface area (Å²) in [5.41, 5.74) is 4.86. The molecule has 3 N–H and O–H groups in total. The molecule has 4 amide bonds. The van der Waals surface area contributed by atoms with E-state index >= 15 is 0 Å². The number of ether oxygens (including phenoxy) is 1. The quantitative estimate of drug-likeness (QED) is 0.368. The van der Waals surface area contributed by atoms with E-state index in [-0.39, 0.29) is 24.3 Å². The van der Waals surface area contributed by atoms with E-state index in [4.69, 9.17) is 4.74 Å². The maximum atomic E-state index is 13.2. The van der Waals surface area contributed by atoms with Gasteiger partial charge in [0.25, 0.3) is 0 Å². The van der Waals surface area contributed by atoms with Crippen LogP contribution in [0.5, 0.6) is 0 Å². The molecule has 3 rings (SSSR count). The first-order valence-corrected chi connectivity index (χ1v) is 14.1. The van der Waals surface area contributed by atoms with Crippen LogP contribution in [-0.4, -0.2) is 71.9 Å². The molecule has 39 heavy (non-hydrogen) atoms. The lowest BCUT2D eigenvalue weighted by Crippen LogP contribution is -2.56. The molecular formula is C28H39N5O5S. The number of hydrogen-bond donors (Lipinski definition) is 3. The molecule has 2 heterocycles. The zero-order chi connectivity index (χ0) is 28.5. The van der Waals surface area contributed by atoms with Crippen LogP contribution in [0.2, 0.25) is 0 Å². The van der Waals surface area contributed by atoms with Crippen molar-refractivity contribution in [1.29, 1.82) is 0 Å². The van der Waals surface area contributed by atoms with Gasteiger partial charge in [0.05, 0.1) is 16.1 Å². The lowest BCUT2D eigenvalue weighted by atomic mass is 10.0. The number of aryl methyl sites for hydroxylation is 1. The maximum Gasteiger partial charge on any atom is 0.246 e. The van der Waals surface area contributed by atoms with Gasteiger partial charge in [-0.05, 0) is 50.2 Å². The summed E-state index contributed by atoms with van der Waals surface area (Å²) < 4.78 is 4.84. The first kappa shape index (κ1) is 30.2. The zero-order valence-electron chi connectivity index (χ0n) is 23.3. The summed E-state index contributed by atoms with van der Waals surface area (Å²) in [5, 5.41) is 8.35. The molecule has 1 saturated heterocycles. The largest absolute Gasteiger partial charge is 0.375 e. The highest BCUT2D eigenvalue weighted by Gasteiger charge is 2.37. The van der Waals surface area contributed by atoms with Crippen molar-refractivity contribution in [2.45, 2.75) is 71.6 Å². The summed E-state index contributed by atoms with van der Waals surface area (Å²) in [6.45, 7) is 8.11. The van der Waals surface area contributed by atoms with Gasteiger partial charge in [0.15, 0.2) is 0 Å². The fourth-order valence-corrected chi connectivity index (χ4v) is 5.47. The Balaban J connectivity index is 1.55. The summed E-state index contributed by atoms with van der Waals surface area (Å²) in [7, 11) is 1.40. The summed E-state index contributed by atoms with van der Waals surface area (Å²) in [6.07, 6.45) is 1.68. The number of carbonyl (C=O) groups is 4. The van der Waals surface area contributed by atoms with Crippen molar-refractivity contribution < 1.29 is 23.9 Å². The second kappa shape index (κ2) is 14.2. The van der Waals surface area contributed by atoms with E-state index in [2.05, 4.69) is 20.9 Å². The zero-order valence-corrected chi connectivity index (χ0v) is 24.1. The monoisotopic (exact) mass is 557 g/mol. The van der Waals surface area contributed by atoms with Gasteiger partial charge in [0, 0.05) is 20.2 Å². The van der Waals surface area contributed by atoms with Gasteiger partial charge in [-0.15, -0.1) is 11.3 Å². The van der Waals surface area contributed by atoms with E-state index < -0.39 is 29.9 Å². The minimum Gasteiger partial charge on any atom is -0.375 e. The number of methoxy groups -OCH3 is 1. The Morgan fingerprint density at radius 2 is 1.85 bits per heavy atom. The minimum atomic E-state index is -0.845. The fraction of sp³-hybridized carbons (Fsp3) is 0.536. The molecule has 2 aromatic rings. The van der Waals surface area contributed by atoms with Crippen LogP contribution in [-0.2, 0) is 30.5 Å². The first-order valence-electron chi connectivity index (χ1n) is 13.3. The van der Waals surface area contributed by atoms with Crippen LogP contribution in [0.3, 0.4) is 0 Å². The number of likely N-dealkylation sites (tertiary alicyclic amines) is 1. The van der Waals surface area contributed by atoms with E-state index in [1.54, 1.807) is 18.3 Å². The summed E-state index contributed by atoms with van der Waals surface area (Å²) in [4.78, 5) is 58.1. The maximum absolute atomic E-state index is 13.2. The van der Waals surface area contributed by atoms with E-state index in [0.717, 1.165) is 21.7 Å². The molecule has 212 valence electrons. The Labute approximate surface area is 233 Å². The highest BCUT2D eigenvalue weighted by Crippen LogP contribution is 2.27. The van der Waals surface area contributed by atoms with Gasteiger partial charge in [-0.1, -0.05) is 38.1 Å². The number of hydrogen-bond acceptors (Lipinski definition) is 7. The molecule has 1 aliphatic rings. The predicted octanol–water partition coefficient (Wildman–Crippen LogP) is 2.41. The SMILES string of the molecule is COCC(=O)N[C@@H](CC(C)C)C(=O)N[C@@H](C)C(=O)N1CCC[C@H]1C(=O)NCc1ccc(-c2scnc2C)cc1. The second-order valence-corrected chi connectivity index (χ2v) is 11.1. The van der Waals surface area contributed by atoms with Gasteiger partial charge >= 0.3 is 0 Å². The van der Waals surface area contributed by atoms with Crippen molar-refractivity contribution >= 4 is 35.0 Å². The molecule has 0 aliphatic carbocycles. The smallest absolute Gasteiger partial charge is 0.246 e. The molecule has 1 aromatic carbocycles. The topological polar surface area (TPSA) is 130 Å². The van der Waals surface area contributed by atoms with Crippen LogP contribution in [0.1, 0.15) is 51.3 Å². The number of nitrogens with one attached hydrogen (secondary N) is 3. The first-order chi connectivity index (χ1) is 18.6. The third-order valence-electron chi connectivity index (χ3n) is 6.63. The number of amides is 4. The van der Waals surface area contributed by atoms with Crippen LogP contribution in [0.4, 0.5) is 0 Å². The average molecular weight is 558 g/mol. The lowest BCUT2D eigenvalue weighted by Gasteiger charge is -2.28. The highest BCUT2D eigenvalue weighted by molar-refractivity contribution is 7.13. The molecule has 0 saturated carbocycles. The van der Waals surface area contributed by atoms with Crippen LogP contribution < -0.4 is 16.0 Å². The number of benzene rings is 1. The van der Waals surface area contributed by atoms with Gasteiger partial charge in [-0.25, -0.2) is 4.98 Å². The Morgan fingerprint density at radius 1 is 1.13 bits per heavy atom. The van der Waals surface area contributed by atoms with Crippen molar-refractivity contribution in [3.05, 3.63) is 41.0 Å². The number of carbonyl (C=O) groups excluding carboxylic acids is 4. The van der Waals surface area contributed by atoms with Crippen molar-refractivity contribution in [2.75, 3.05) is 20.3 Å². The Morgan fingerprint density at radius 3 is 2.46 bits per heavy atom. The fourth-order valence-electron chi connectivity index (χ4n) is 4.66. The molecule has 11 heteroatoms. The van der Waals surface area contributed by atoms with Gasteiger partial charge in [0.1, 0.15) is 24.7 Å². The molecule has 0 spiro atoms. The summed E-state index contributed by atoms with van der Waals surface area (Å²) in [6, 6.07) is 5.76. The van der Waals surface area contributed by atoms with Crippen molar-refractivity contribution in [3.63, 3.8) is 0 Å². The molecule has 0 radical (unpaired) electrons. The number of thiazole rings is 1. The minimum absolute atomic E-state index is 0.147. The Hall–Kier alpha value is -3.31. The highest BCUT2D eigenvalue weighted by atomic mass is 32.1.